The molecule has 110 valence electrons. The molecule has 3 aliphatic heterocycles. The number of piperidine rings is 3. The average molecular weight is 331 g/mol. The molecule has 4 heterocycles. The van der Waals surface area contributed by atoms with Crippen molar-refractivity contribution < 1.29 is 4.79 Å². The minimum atomic E-state index is 0.0304. The topological polar surface area (TPSA) is 32.3 Å². The molecule has 1 N–H and O–H groups in total. The fourth-order valence-electron chi connectivity index (χ4n) is 3.37. The fourth-order valence-corrected chi connectivity index (χ4v) is 5.43. The third-order valence-electron chi connectivity index (χ3n) is 4.57. The van der Waals surface area contributed by atoms with E-state index in [2.05, 4.69) is 17.1 Å². The minimum Gasteiger partial charge on any atom is -0.347 e. The Morgan fingerprint density at radius 1 is 1.50 bits per heavy atom. The van der Waals surface area contributed by atoms with Gasteiger partial charge in [0.25, 0.3) is 5.91 Å². The number of halogens is 1. The summed E-state index contributed by atoms with van der Waals surface area (Å²) in [4.78, 5) is 16.6. The van der Waals surface area contributed by atoms with E-state index in [-0.39, 0.29) is 11.9 Å². The van der Waals surface area contributed by atoms with Crippen LogP contribution in [0.2, 0.25) is 4.34 Å². The lowest BCUT2D eigenvalue weighted by molar-refractivity contribution is 0.0218. The van der Waals surface area contributed by atoms with E-state index in [0.717, 1.165) is 9.77 Å². The van der Waals surface area contributed by atoms with Crippen molar-refractivity contribution in [2.24, 2.45) is 5.92 Å². The van der Waals surface area contributed by atoms with Gasteiger partial charge in [0.05, 0.1) is 4.88 Å². The van der Waals surface area contributed by atoms with Crippen LogP contribution in [0.3, 0.4) is 0 Å². The molecule has 2 bridgehead atoms. The quantitative estimate of drug-likeness (QED) is 0.863. The maximum atomic E-state index is 12.4. The number of amides is 1. The van der Waals surface area contributed by atoms with E-state index in [0.29, 0.717) is 16.3 Å². The Labute approximate surface area is 133 Å². The smallest absolute Gasteiger partial charge is 0.261 e. The van der Waals surface area contributed by atoms with E-state index in [1.807, 2.05) is 12.3 Å². The molecule has 1 aromatic rings. The molecule has 3 aliphatic rings. The van der Waals surface area contributed by atoms with Crippen molar-refractivity contribution in [2.75, 3.05) is 19.3 Å². The van der Waals surface area contributed by atoms with Crippen LogP contribution < -0.4 is 5.32 Å². The normalized spacial score (nSPS) is 32.4. The largest absolute Gasteiger partial charge is 0.347 e. The standard InChI is InChI=1S/C14H19ClN2OS2/c1-8-12(9-3-5-17(8)6-4-9)16-14(18)11-7-10(19-2)13(15)20-11/h7-9,12H,3-6H2,1-2H3,(H,16,18)/t8-,12-/m0/s1. The minimum absolute atomic E-state index is 0.0304. The first-order valence-corrected chi connectivity index (χ1v) is 9.40. The van der Waals surface area contributed by atoms with Crippen LogP contribution >= 0.6 is 34.7 Å². The third kappa shape index (κ3) is 2.61. The predicted molar refractivity (Wildman–Crippen MR) is 86.1 cm³/mol. The van der Waals surface area contributed by atoms with Crippen LogP contribution in [0.25, 0.3) is 0 Å². The highest BCUT2D eigenvalue weighted by atomic mass is 35.5. The lowest BCUT2D eigenvalue weighted by Crippen LogP contribution is -2.62. The molecule has 0 spiro atoms. The fraction of sp³-hybridized carbons (Fsp3) is 0.643. The number of carbonyl (C=O) groups excluding carboxylic acids is 1. The van der Waals surface area contributed by atoms with E-state index in [1.165, 1.54) is 37.3 Å². The lowest BCUT2D eigenvalue weighted by atomic mass is 9.79. The first-order chi connectivity index (χ1) is 9.60. The number of rotatable bonds is 3. The van der Waals surface area contributed by atoms with Crippen LogP contribution in [0.15, 0.2) is 11.0 Å². The molecule has 3 nitrogen and oxygen atoms in total. The summed E-state index contributed by atoms with van der Waals surface area (Å²) in [6.45, 7) is 4.59. The van der Waals surface area contributed by atoms with Gasteiger partial charge < -0.3 is 5.32 Å². The van der Waals surface area contributed by atoms with Crippen molar-refractivity contribution in [2.45, 2.75) is 36.7 Å². The van der Waals surface area contributed by atoms with Gasteiger partial charge in [-0.25, -0.2) is 0 Å². The summed E-state index contributed by atoms with van der Waals surface area (Å²) in [5.74, 6) is 0.664. The van der Waals surface area contributed by atoms with Gasteiger partial charge in [-0.05, 0) is 51.1 Å². The zero-order valence-electron chi connectivity index (χ0n) is 11.7. The van der Waals surface area contributed by atoms with Crippen LogP contribution in [-0.2, 0) is 0 Å². The second-order valence-corrected chi connectivity index (χ2v) is 8.07. The molecule has 0 unspecified atom stereocenters. The maximum absolute atomic E-state index is 12.4. The Kier molecular flexibility index (Phi) is 4.32. The van der Waals surface area contributed by atoms with Gasteiger partial charge in [-0.3, -0.25) is 9.69 Å². The molecule has 20 heavy (non-hydrogen) atoms. The number of fused-ring (bicyclic) bond motifs is 3. The van der Waals surface area contributed by atoms with Gasteiger partial charge in [0.1, 0.15) is 4.34 Å². The summed E-state index contributed by atoms with van der Waals surface area (Å²) in [7, 11) is 0. The van der Waals surface area contributed by atoms with Crippen molar-refractivity contribution >= 4 is 40.6 Å². The third-order valence-corrected chi connectivity index (χ3v) is 6.94. The maximum Gasteiger partial charge on any atom is 0.261 e. The van der Waals surface area contributed by atoms with Crippen LogP contribution in [0, 0.1) is 5.92 Å². The van der Waals surface area contributed by atoms with Crippen LogP contribution in [-0.4, -0.2) is 42.2 Å². The van der Waals surface area contributed by atoms with E-state index >= 15 is 0 Å². The van der Waals surface area contributed by atoms with Crippen LogP contribution in [0.1, 0.15) is 29.4 Å². The molecule has 0 aromatic carbocycles. The van der Waals surface area contributed by atoms with Crippen molar-refractivity contribution in [3.8, 4) is 0 Å². The SMILES string of the molecule is CSc1cc(C(=O)N[C@@H]2C3CCN(CC3)[C@H]2C)sc1Cl. The predicted octanol–water partition coefficient (Wildman–Crippen LogP) is 3.34. The summed E-state index contributed by atoms with van der Waals surface area (Å²) in [5, 5.41) is 3.24. The molecule has 0 aliphatic carbocycles. The summed E-state index contributed by atoms with van der Waals surface area (Å²) in [5.41, 5.74) is 0. The molecule has 4 rings (SSSR count). The van der Waals surface area contributed by atoms with Gasteiger partial charge in [-0.1, -0.05) is 11.6 Å². The molecule has 1 aromatic heterocycles. The van der Waals surface area contributed by atoms with Gasteiger partial charge in [0.2, 0.25) is 0 Å². The highest BCUT2D eigenvalue weighted by Crippen LogP contribution is 2.35. The number of hydrogen-bond acceptors (Lipinski definition) is 4. The van der Waals surface area contributed by atoms with Crippen molar-refractivity contribution in [1.82, 2.24) is 10.2 Å². The number of nitrogens with zero attached hydrogens (tertiary/aromatic N) is 1. The van der Waals surface area contributed by atoms with Crippen LogP contribution in [0.5, 0.6) is 0 Å². The molecule has 6 heteroatoms. The van der Waals surface area contributed by atoms with Crippen molar-refractivity contribution in [1.29, 1.82) is 0 Å². The number of carbonyl (C=O) groups is 1. The Balaban J connectivity index is 1.72. The number of nitrogens with one attached hydrogen (secondary N) is 1. The number of hydrogen-bond donors (Lipinski definition) is 1. The molecule has 3 fully saturated rings. The highest BCUT2D eigenvalue weighted by molar-refractivity contribution is 7.98. The Bertz CT molecular complexity index is 509. The molecule has 1 amide bonds. The van der Waals surface area contributed by atoms with Gasteiger partial charge in [0.15, 0.2) is 0 Å². The molecular weight excluding hydrogens is 312 g/mol. The monoisotopic (exact) mass is 330 g/mol. The lowest BCUT2D eigenvalue weighted by Gasteiger charge is -2.49. The van der Waals surface area contributed by atoms with Gasteiger partial charge in [0, 0.05) is 17.0 Å². The summed E-state index contributed by atoms with van der Waals surface area (Å²) in [6, 6.07) is 2.63. The molecule has 3 saturated heterocycles. The van der Waals surface area contributed by atoms with Crippen molar-refractivity contribution in [3.63, 3.8) is 0 Å². The number of thiophene rings is 1. The zero-order valence-corrected chi connectivity index (χ0v) is 14.1. The first-order valence-electron chi connectivity index (χ1n) is 6.98. The van der Waals surface area contributed by atoms with Crippen molar-refractivity contribution in [3.05, 3.63) is 15.3 Å². The Morgan fingerprint density at radius 2 is 2.20 bits per heavy atom. The van der Waals surface area contributed by atoms with E-state index in [1.54, 1.807) is 11.8 Å². The first kappa shape index (κ1) is 14.7. The summed E-state index contributed by atoms with van der Waals surface area (Å²) >= 11 is 9.09. The van der Waals surface area contributed by atoms with Gasteiger partial charge >= 0.3 is 0 Å². The highest BCUT2D eigenvalue weighted by Gasteiger charge is 2.40. The van der Waals surface area contributed by atoms with Crippen LogP contribution in [0.4, 0.5) is 0 Å². The second kappa shape index (κ2) is 5.87. The Hall–Kier alpha value is -0.230. The van der Waals surface area contributed by atoms with E-state index in [9.17, 15) is 4.79 Å². The molecule has 0 saturated carbocycles. The molecule has 2 atom stereocenters. The van der Waals surface area contributed by atoms with Gasteiger partial charge in [-0.2, -0.15) is 0 Å². The molecule has 0 radical (unpaired) electrons. The van der Waals surface area contributed by atoms with E-state index < -0.39 is 0 Å². The Morgan fingerprint density at radius 3 is 2.75 bits per heavy atom. The van der Waals surface area contributed by atoms with E-state index in [4.69, 9.17) is 11.6 Å². The summed E-state index contributed by atoms with van der Waals surface area (Å²) in [6.07, 6.45) is 4.39. The second-order valence-electron chi connectivity index (χ2n) is 5.57. The summed E-state index contributed by atoms with van der Waals surface area (Å²) < 4.78 is 0.713. The molecular formula is C14H19ClN2OS2. The zero-order chi connectivity index (χ0) is 14.3. The van der Waals surface area contributed by atoms with Gasteiger partial charge in [-0.15, -0.1) is 23.1 Å². The average Bonchev–Trinajstić information content (AvgIpc) is 2.84. The number of thioether (sulfide) groups is 1.